The normalized spacial score (nSPS) is 10.4. The third-order valence-corrected chi connectivity index (χ3v) is 4.46. The summed E-state index contributed by atoms with van der Waals surface area (Å²) in [6, 6.07) is 11.5. The van der Waals surface area contributed by atoms with E-state index in [1.54, 1.807) is 18.0 Å². The van der Waals surface area contributed by atoms with Crippen molar-refractivity contribution < 1.29 is 9.90 Å². The van der Waals surface area contributed by atoms with Crippen molar-refractivity contribution in [1.29, 1.82) is 0 Å². The van der Waals surface area contributed by atoms with Crippen LogP contribution in [0.2, 0.25) is 0 Å². The first-order chi connectivity index (χ1) is 9.15. The zero-order chi connectivity index (χ0) is 13.7. The molecule has 2 aromatic rings. The lowest BCUT2D eigenvalue weighted by Crippen LogP contribution is -1.99. The molecule has 0 bridgehead atoms. The number of hydrogen-bond donors (Lipinski definition) is 1. The average Bonchev–Trinajstić information content (AvgIpc) is 2.39. The Bertz CT molecular complexity index is 572. The van der Waals surface area contributed by atoms with Gasteiger partial charge in [0.05, 0.1) is 6.42 Å². The summed E-state index contributed by atoms with van der Waals surface area (Å²) in [5.74, 6) is 0.00252. The highest BCUT2D eigenvalue weighted by molar-refractivity contribution is 9.10. The van der Waals surface area contributed by atoms with Crippen molar-refractivity contribution in [1.82, 2.24) is 4.98 Å². The van der Waals surface area contributed by atoms with Crippen molar-refractivity contribution in [3.8, 4) is 0 Å². The predicted molar refractivity (Wildman–Crippen MR) is 79.3 cm³/mol. The minimum absolute atomic E-state index is 0.0687. The summed E-state index contributed by atoms with van der Waals surface area (Å²) >= 11 is 5.11. The first kappa shape index (κ1) is 14.1. The van der Waals surface area contributed by atoms with Gasteiger partial charge in [0.15, 0.2) is 0 Å². The number of aliphatic carboxylic acids is 1. The van der Waals surface area contributed by atoms with Crippen LogP contribution in [0.1, 0.15) is 11.1 Å². The number of thioether (sulfide) groups is 1. The van der Waals surface area contributed by atoms with Gasteiger partial charge in [-0.3, -0.25) is 4.79 Å². The van der Waals surface area contributed by atoms with Crippen LogP contribution >= 0.6 is 27.7 Å². The molecule has 3 nitrogen and oxygen atoms in total. The summed E-state index contributed by atoms with van der Waals surface area (Å²) in [6.45, 7) is 0. The number of benzene rings is 1. The Morgan fingerprint density at radius 3 is 2.53 bits per heavy atom. The largest absolute Gasteiger partial charge is 0.481 e. The first-order valence-electron chi connectivity index (χ1n) is 5.68. The molecule has 0 unspecified atom stereocenters. The highest BCUT2D eigenvalue weighted by Gasteiger charge is 2.03. The van der Waals surface area contributed by atoms with E-state index in [1.807, 2.05) is 36.4 Å². The monoisotopic (exact) mass is 337 g/mol. The first-order valence-corrected chi connectivity index (χ1v) is 7.46. The van der Waals surface area contributed by atoms with E-state index in [0.717, 1.165) is 26.4 Å². The predicted octanol–water partition coefficient (Wildman–Crippen LogP) is 3.76. The number of carbonyl (C=O) groups is 1. The quantitative estimate of drug-likeness (QED) is 0.844. The minimum atomic E-state index is -0.806. The Hall–Kier alpha value is -1.33. The van der Waals surface area contributed by atoms with E-state index in [4.69, 9.17) is 5.11 Å². The van der Waals surface area contributed by atoms with Crippen LogP contribution in [0.15, 0.2) is 52.1 Å². The molecule has 0 aliphatic carbocycles. The second-order valence-corrected chi connectivity index (χ2v) is 5.78. The van der Waals surface area contributed by atoms with Crippen LogP contribution in [0.3, 0.4) is 0 Å². The van der Waals surface area contributed by atoms with E-state index < -0.39 is 5.97 Å². The molecule has 0 aliphatic rings. The topological polar surface area (TPSA) is 50.2 Å². The molecule has 0 amide bonds. The highest BCUT2D eigenvalue weighted by Crippen LogP contribution is 2.27. The summed E-state index contributed by atoms with van der Waals surface area (Å²) < 4.78 is 0.988. The Kier molecular flexibility index (Phi) is 4.99. The van der Waals surface area contributed by atoms with Crippen LogP contribution in [0, 0.1) is 0 Å². The molecule has 2 rings (SSSR count). The molecule has 5 heteroatoms. The standard InChI is InChI=1S/C14H12BrNO2S/c15-12-2-1-7-16-14(12)19-9-11-5-3-10(4-6-11)8-13(17)18/h1-7H,8-9H2,(H,17,18). The lowest BCUT2D eigenvalue weighted by Gasteiger charge is -2.04. The molecule has 0 aliphatic heterocycles. The van der Waals surface area contributed by atoms with Gasteiger partial charge in [-0.1, -0.05) is 24.3 Å². The molecular weight excluding hydrogens is 326 g/mol. The molecule has 0 spiro atoms. The molecule has 98 valence electrons. The number of nitrogens with zero attached hydrogens (tertiary/aromatic N) is 1. The molecule has 19 heavy (non-hydrogen) atoms. The van der Waals surface area contributed by atoms with E-state index >= 15 is 0 Å². The van der Waals surface area contributed by atoms with Gasteiger partial charge in [-0.15, -0.1) is 11.8 Å². The van der Waals surface area contributed by atoms with Gasteiger partial charge in [0.1, 0.15) is 5.03 Å². The lowest BCUT2D eigenvalue weighted by molar-refractivity contribution is -0.136. The van der Waals surface area contributed by atoms with Crippen LogP contribution in [0.5, 0.6) is 0 Å². The Balaban J connectivity index is 1.97. The van der Waals surface area contributed by atoms with Gasteiger partial charge in [-0.2, -0.15) is 0 Å². The van der Waals surface area contributed by atoms with Crippen LogP contribution in [-0.4, -0.2) is 16.1 Å². The summed E-state index contributed by atoms with van der Waals surface area (Å²) in [5.41, 5.74) is 1.97. The van der Waals surface area contributed by atoms with Gasteiger partial charge in [-0.25, -0.2) is 4.98 Å². The van der Waals surface area contributed by atoms with Gasteiger partial charge >= 0.3 is 5.97 Å². The summed E-state index contributed by atoms with van der Waals surface area (Å²) in [5, 5.41) is 9.66. The maximum atomic E-state index is 10.6. The maximum Gasteiger partial charge on any atom is 0.307 e. The van der Waals surface area contributed by atoms with Crippen LogP contribution in [-0.2, 0) is 17.0 Å². The number of rotatable bonds is 5. The number of carboxylic acid groups (broad SMARTS) is 1. The molecule has 1 N–H and O–H groups in total. The molecule has 1 heterocycles. The molecule has 0 radical (unpaired) electrons. The van der Waals surface area contributed by atoms with Gasteiger partial charge in [0.25, 0.3) is 0 Å². The third kappa shape index (κ3) is 4.36. The van der Waals surface area contributed by atoms with Gasteiger partial charge in [0.2, 0.25) is 0 Å². The molecule has 1 aromatic heterocycles. The van der Waals surface area contributed by atoms with E-state index in [0.29, 0.717) is 0 Å². The van der Waals surface area contributed by atoms with Gasteiger partial charge < -0.3 is 5.11 Å². The SMILES string of the molecule is O=C(O)Cc1ccc(CSc2ncccc2Br)cc1. The van der Waals surface area contributed by atoms with Crippen LogP contribution in [0.25, 0.3) is 0 Å². The van der Waals surface area contributed by atoms with Crippen molar-refractivity contribution in [2.24, 2.45) is 0 Å². The minimum Gasteiger partial charge on any atom is -0.481 e. The maximum absolute atomic E-state index is 10.6. The molecule has 1 aromatic carbocycles. The molecule has 0 fully saturated rings. The number of hydrogen-bond acceptors (Lipinski definition) is 3. The van der Waals surface area contributed by atoms with Crippen molar-refractivity contribution in [2.75, 3.05) is 0 Å². The van der Waals surface area contributed by atoms with E-state index in [-0.39, 0.29) is 6.42 Å². The zero-order valence-electron chi connectivity index (χ0n) is 10.0. The summed E-state index contributed by atoms with van der Waals surface area (Å²) in [7, 11) is 0. The fourth-order valence-corrected chi connectivity index (χ4v) is 2.99. The summed E-state index contributed by atoms with van der Waals surface area (Å²) in [6.07, 6.45) is 1.84. The molecule has 0 saturated carbocycles. The van der Waals surface area contributed by atoms with Crippen LogP contribution in [0.4, 0.5) is 0 Å². The van der Waals surface area contributed by atoms with E-state index in [2.05, 4.69) is 20.9 Å². The Morgan fingerprint density at radius 2 is 1.89 bits per heavy atom. The number of halogens is 1. The zero-order valence-corrected chi connectivity index (χ0v) is 12.4. The second-order valence-electron chi connectivity index (χ2n) is 3.97. The summed E-state index contributed by atoms with van der Waals surface area (Å²) in [4.78, 5) is 14.9. The van der Waals surface area contributed by atoms with Crippen LogP contribution < -0.4 is 0 Å². The Morgan fingerprint density at radius 1 is 1.21 bits per heavy atom. The third-order valence-electron chi connectivity index (χ3n) is 2.48. The van der Waals surface area contributed by atoms with E-state index in [1.165, 1.54) is 0 Å². The van der Waals surface area contributed by atoms with Crippen molar-refractivity contribution >= 4 is 33.7 Å². The number of aromatic nitrogens is 1. The number of carboxylic acids is 1. The molecular formula is C14H12BrNO2S. The Labute approximate surface area is 124 Å². The van der Waals surface area contributed by atoms with E-state index in [9.17, 15) is 4.79 Å². The number of pyridine rings is 1. The van der Waals surface area contributed by atoms with Crippen molar-refractivity contribution in [2.45, 2.75) is 17.2 Å². The fourth-order valence-electron chi connectivity index (χ4n) is 1.56. The smallest absolute Gasteiger partial charge is 0.307 e. The fraction of sp³-hybridized carbons (Fsp3) is 0.143. The van der Waals surface area contributed by atoms with Gasteiger partial charge in [0, 0.05) is 16.4 Å². The lowest BCUT2D eigenvalue weighted by atomic mass is 10.1. The second kappa shape index (κ2) is 6.73. The molecule has 0 atom stereocenters. The average molecular weight is 338 g/mol. The van der Waals surface area contributed by atoms with Crippen molar-refractivity contribution in [3.63, 3.8) is 0 Å². The van der Waals surface area contributed by atoms with Gasteiger partial charge in [-0.05, 0) is 39.2 Å². The highest BCUT2D eigenvalue weighted by atomic mass is 79.9. The van der Waals surface area contributed by atoms with Crippen molar-refractivity contribution in [3.05, 3.63) is 58.2 Å². The molecule has 0 saturated heterocycles.